The number of nitrogens with one attached hydrogen (secondary N) is 1. The molecule has 2 heterocycles. The summed E-state index contributed by atoms with van der Waals surface area (Å²) in [6, 6.07) is 1.85. The lowest BCUT2D eigenvalue weighted by Gasteiger charge is -2.19. The molecule has 1 aliphatic rings. The number of sulfonamides is 1. The van der Waals surface area contributed by atoms with E-state index >= 15 is 0 Å². The van der Waals surface area contributed by atoms with E-state index in [2.05, 4.69) is 14.9 Å². The third kappa shape index (κ3) is 4.21. The van der Waals surface area contributed by atoms with Crippen LogP contribution in [0.25, 0.3) is 0 Å². The molecule has 2 aromatic heterocycles. The topological polar surface area (TPSA) is 91.0 Å². The molecular weight excluding hydrogens is 342 g/mol. The summed E-state index contributed by atoms with van der Waals surface area (Å²) in [5, 5.41) is 8.57. The Kier molecular flexibility index (Phi) is 5.43. The maximum absolute atomic E-state index is 12.6. The number of methoxy groups -OCH3 is 1. The first-order valence-corrected chi connectivity index (χ1v) is 10.1. The normalized spacial score (nSPS) is 16.2. The van der Waals surface area contributed by atoms with Gasteiger partial charge in [-0.15, -0.1) is 0 Å². The Hall–Kier alpha value is -1.87. The van der Waals surface area contributed by atoms with Crippen LogP contribution in [-0.4, -0.2) is 41.7 Å². The van der Waals surface area contributed by atoms with Gasteiger partial charge < -0.3 is 4.74 Å². The monoisotopic (exact) mass is 367 g/mol. The first-order chi connectivity index (χ1) is 12.0. The van der Waals surface area contributed by atoms with Gasteiger partial charge in [-0.05, 0) is 12.8 Å². The second kappa shape index (κ2) is 7.57. The molecule has 0 atom stereocenters. The van der Waals surface area contributed by atoms with Crippen molar-refractivity contribution in [3.05, 3.63) is 24.2 Å². The van der Waals surface area contributed by atoms with E-state index in [4.69, 9.17) is 4.74 Å². The van der Waals surface area contributed by atoms with Gasteiger partial charge in [0, 0.05) is 32.3 Å². The lowest BCUT2D eigenvalue weighted by Crippen LogP contribution is -2.15. The third-order valence-corrected chi connectivity index (χ3v) is 5.91. The highest BCUT2D eigenvalue weighted by molar-refractivity contribution is 7.92. The Balaban J connectivity index is 1.74. The zero-order chi connectivity index (χ0) is 17.9. The van der Waals surface area contributed by atoms with E-state index in [0.29, 0.717) is 24.9 Å². The molecule has 0 unspecified atom stereocenters. The molecule has 9 heteroatoms. The van der Waals surface area contributed by atoms with Crippen molar-refractivity contribution < 1.29 is 13.2 Å². The molecule has 3 rings (SSSR count). The summed E-state index contributed by atoms with van der Waals surface area (Å²) in [5.74, 6) is 0.903. The highest BCUT2D eigenvalue weighted by Gasteiger charge is 2.22. The van der Waals surface area contributed by atoms with Crippen LogP contribution < -0.4 is 4.72 Å². The Morgan fingerprint density at radius 1 is 1.32 bits per heavy atom. The Labute approximate surface area is 148 Å². The third-order valence-electron chi connectivity index (χ3n) is 4.61. The van der Waals surface area contributed by atoms with Crippen molar-refractivity contribution in [1.29, 1.82) is 0 Å². The summed E-state index contributed by atoms with van der Waals surface area (Å²) in [6.07, 6.45) is 8.78. The number of hydrogen-bond donors (Lipinski definition) is 1. The van der Waals surface area contributed by atoms with Gasteiger partial charge in [0.15, 0.2) is 0 Å². The second-order valence-electron chi connectivity index (χ2n) is 6.45. The maximum atomic E-state index is 12.6. The second-order valence-corrected chi connectivity index (χ2v) is 8.13. The standard InChI is InChI=1S/C16H25N5O3S/c1-20-16(10-15(18-20)13-6-4-3-5-7-13)19-25(22,23)14-11-17-21(12-14)8-9-24-2/h10-13,19H,3-9H2,1-2H3. The molecule has 0 aliphatic heterocycles. The van der Waals surface area contributed by atoms with Gasteiger partial charge in [0.25, 0.3) is 10.0 Å². The molecule has 8 nitrogen and oxygen atoms in total. The Morgan fingerprint density at radius 2 is 2.08 bits per heavy atom. The van der Waals surface area contributed by atoms with E-state index in [9.17, 15) is 8.42 Å². The van der Waals surface area contributed by atoms with Crippen molar-refractivity contribution in [2.45, 2.75) is 49.5 Å². The van der Waals surface area contributed by atoms with Gasteiger partial charge in [0.05, 0.1) is 25.0 Å². The molecule has 0 radical (unpaired) electrons. The minimum atomic E-state index is -3.69. The number of rotatable bonds is 7. The van der Waals surface area contributed by atoms with Gasteiger partial charge in [0.1, 0.15) is 10.7 Å². The van der Waals surface area contributed by atoms with Crippen molar-refractivity contribution in [2.75, 3.05) is 18.4 Å². The van der Waals surface area contributed by atoms with Crippen molar-refractivity contribution in [2.24, 2.45) is 7.05 Å². The molecule has 0 aromatic carbocycles. The van der Waals surface area contributed by atoms with Crippen LogP contribution >= 0.6 is 0 Å². The van der Waals surface area contributed by atoms with Crippen LogP contribution in [-0.2, 0) is 28.4 Å². The van der Waals surface area contributed by atoms with Crippen LogP contribution in [0.4, 0.5) is 5.82 Å². The molecule has 0 amide bonds. The first kappa shape index (κ1) is 17.9. The summed E-state index contributed by atoms with van der Waals surface area (Å²) in [5.41, 5.74) is 0.968. The minimum absolute atomic E-state index is 0.129. The molecule has 138 valence electrons. The fraction of sp³-hybridized carbons (Fsp3) is 0.625. The molecule has 0 bridgehead atoms. The van der Waals surface area contributed by atoms with Crippen molar-refractivity contribution in [3.63, 3.8) is 0 Å². The smallest absolute Gasteiger partial charge is 0.266 e. The predicted molar refractivity (Wildman–Crippen MR) is 93.9 cm³/mol. The van der Waals surface area contributed by atoms with Gasteiger partial charge in [-0.2, -0.15) is 10.2 Å². The van der Waals surface area contributed by atoms with E-state index in [1.807, 2.05) is 6.07 Å². The number of nitrogens with zero attached hydrogens (tertiary/aromatic N) is 4. The number of ether oxygens (including phenoxy) is 1. The van der Waals surface area contributed by atoms with Crippen molar-refractivity contribution in [1.82, 2.24) is 19.6 Å². The van der Waals surface area contributed by atoms with Crippen LogP contribution in [0.1, 0.15) is 43.7 Å². The number of hydrogen-bond acceptors (Lipinski definition) is 5. The van der Waals surface area contributed by atoms with E-state index in [0.717, 1.165) is 18.5 Å². The molecule has 2 aromatic rings. The van der Waals surface area contributed by atoms with Gasteiger partial charge in [0.2, 0.25) is 0 Å². The lowest BCUT2D eigenvalue weighted by atomic mass is 9.87. The number of anilines is 1. The van der Waals surface area contributed by atoms with E-state index in [1.165, 1.54) is 31.7 Å². The summed E-state index contributed by atoms with van der Waals surface area (Å²) in [6.45, 7) is 0.977. The number of aromatic nitrogens is 4. The molecule has 0 spiro atoms. The van der Waals surface area contributed by atoms with Crippen molar-refractivity contribution >= 4 is 15.8 Å². The van der Waals surface area contributed by atoms with Crippen LogP contribution in [0.5, 0.6) is 0 Å². The molecular formula is C16H25N5O3S. The molecule has 1 aliphatic carbocycles. The fourth-order valence-corrected chi connectivity index (χ4v) is 4.20. The Morgan fingerprint density at radius 3 is 2.80 bits per heavy atom. The quantitative estimate of drug-likeness (QED) is 0.809. The highest BCUT2D eigenvalue weighted by atomic mass is 32.2. The molecule has 0 saturated heterocycles. The van der Waals surface area contributed by atoms with Gasteiger partial charge in [-0.1, -0.05) is 19.3 Å². The molecule has 1 N–H and O–H groups in total. The van der Waals surface area contributed by atoms with Gasteiger partial charge >= 0.3 is 0 Å². The van der Waals surface area contributed by atoms with Gasteiger partial charge in [-0.3, -0.25) is 14.1 Å². The SMILES string of the molecule is COCCn1cc(S(=O)(=O)Nc2cc(C3CCCCC3)nn2C)cn1. The first-order valence-electron chi connectivity index (χ1n) is 8.58. The van der Waals surface area contributed by atoms with Crippen molar-refractivity contribution in [3.8, 4) is 0 Å². The zero-order valence-corrected chi connectivity index (χ0v) is 15.5. The summed E-state index contributed by atoms with van der Waals surface area (Å²) in [4.78, 5) is 0.129. The zero-order valence-electron chi connectivity index (χ0n) is 14.7. The fourth-order valence-electron chi connectivity index (χ4n) is 3.17. The average molecular weight is 367 g/mol. The maximum Gasteiger partial charge on any atom is 0.266 e. The van der Waals surface area contributed by atoms with E-state index < -0.39 is 10.0 Å². The van der Waals surface area contributed by atoms with Crippen LogP contribution in [0, 0.1) is 0 Å². The van der Waals surface area contributed by atoms with Crippen LogP contribution in [0.3, 0.4) is 0 Å². The highest BCUT2D eigenvalue weighted by Crippen LogP contribution is 2.33. The molecule has 1 fully saturated rings. The minimum Gasteiger partial charge on any atom is -0.383 e. The van der Waals surface area contributed by atoms with E-state index in [1.54, 1.807) is 23.5 Å². The predicted octanol–water partition coefficient (Wildman–Crippen LogP) is 2.11. The summed E-state index contributed by atoms with van der Waals surface area (Å²) < 4.78 is 35.9. The molecule has 25 heavy (non-hydrogen) atoms. The number of aryl methyl sites for hydroxylation is 1. The summed E-state index contributed by atoms with van der Waals surface area (Å²) in [7, 11) is -0.344. The summed E-state index contributed by atoms with van der Waals surface area (Å²) >= 11 is 0. The Bertz CT molecular complexity index is 806. The van der Waals surface area contributed by atoms with Crippen LogP contribution in [0.15, 0.2) is 23.4 Å². The lowest BCUT2D eigenvalue weighted by molar-refractivity contribution is 0.183. The van der Waals surface area contributed by atoms with Crippen LogP contribution in [0.2, 0.25) is 0 Å². The largest absolute Gasteiger partial charge is 0.383 e. The average Bonchev–Trinajstić information content (AvgIpc) is 3.21. The van der Waals surface area contributed by atoms with Gasteiger partial charge in [-0.25, -0.2) is 8.42 Å². The van der Waals surface area contributed by atoms with E-state index in [-0.39, 0.29) is 4.90 Å². The molecule has 1 saturated carbocycles.